The highest BCUT2D eigenvalue weighted by Crippen LogP contribution is 2.37. The number of halogens is 1. The van der Waals surface area contributed by atoms with Crippen LogP contribution in [-0.4, -0.2) is 31.7 Å². The fourth-order valence-corrected chi connectivity index (χ4v) is 2.91. The average molecular weight is 320 g/mol. The number of hydrogen-bond acceptors (Lipinski definition) is 4. The number of rotatable bonds is 4. The van der Waals surface area contributed by atoms with Crippen LogP contribution >= 0.6 is 11.6 Å². The van der Waals surface area contributed by atoms with Gasteiger partial charge in [0.05, 0.1) is 19.8 Å². The maximum Gasteiger partial charge on any atom is 0.120 e. The Labute approximate surface area is 134 Å². The van der Waals surface area contributed by atoms with Crippen LogP contribution in [0.25, 0.3) is 0 Å². The average Bonchev–Trinajstić information content (AvgIpc) is 2.99. The quantitative estimate of drug-likeness (QED) is 0.939. The van der Waals surface area contributed by atoms with E-state index in [1.165, 1.54) is 0 Å². The van der Waals surface area contributed by atoms with Crippen molar-refractivity contribution in [2.45, 2.75) is 12.1 Å². The summed E-state index contributed by atoms with van der Waals surface area (Å²) < 4.78 is 11.0. The molecule has 0 aliphatic carbocycles. The zero-order valence-electron chi connectivity index (χ0n) is 12.3. The van der Waals surface area contributed by atoms with Crippen LogP contribution in [0.3, 0.4) is 0 Å². The third-order valence-electron chi connectivity index (χ3n) is 3.89. The highest BCUT2D eigenvalue weighted by molar-refractivity contribution is 6.30. The van der Waals surface area contributed by atoms with Gasteiger partial charge in [-0.25, -0.2) is 0 Å². The second kappa shape index (κ2) is 6.57. The first-order chi connectivity index (χ1) is 10.7. The SMILES string of the molecule is COc1cccc([C@H]2[C@H](CO)OCN2c2ccc(Cl)cc2)c1. The van der Waals surface area contributed by atoms with Crippen molar-refractivity contribution in [3.05, 3.63) is 59.1 Å². The van der Waals surface area contributed by atoms with Crippen LogP contribution in [0, 0.1) is 0 Å². The van der Waals surface area contributed by atoms with E-state index in [9.17, 15) is 5.11 Å². The zero-order valence-corrected chi connectivity index (χ0v) is 13.0. The predicted molar refractivity (Wildman–Crippen MR) is 86.5 cm³/mol. The minimum atomic E-state index is -0.275. The summed E-state index contributed by atoms with van der Waals surface area (Å²) in [6.45, 7) is 0.390. The molecule has 1 aliphatic rings. The van der Waals surface area contributed by atoms with E-state index >= 15 is 0 Å². The zero-order chi connectivity index (χ0) is 15.5. The first-order valence-corrected chi connectivity index (χ1v) is 7.49. The summed E-state index contributed by atoms with van der Waals surface area (Å²) in [7, 11) is 1.64. The number of methoxy groups -OCH3 is 1. The lowest BCUT2D eigenvalue weighted by Gasteiger charge is -2.27. The fraction of sp³-hybridized carbons (Fsp3) is 0.294. The lowest BCUT2D eigenvalue weighted by Crippen LogP contribution is -2.29. The standard InChI is InChI=1S/C17H18ClNO3/c1-21-15-4-2-3-12(9-15)17-16(10-20)22-11-19(17)14-7-5-13(18)6-8-14/h2-9,16-17,20H,10-11H2,1H3/t16-,17-/m0/s1. The number of hydrogen-bond donors (Lipinski definition) is 1. The topological polar surface area (TPSA) is 41.9 Å². The van der Waals surface area contributed by atoms with Crippen molar-refractivity contribution in [2.24, 2.45) is 0 Å². The predicted octanol–water partition coefficient (Wildman–Crippen LogP) is 3.24. The largest absolute Gasteiger partial charge is 0.497 e. The van der Waals surface area contributed by atoms with Crippen LogP contribution in [-0.2, 0) is 4.74 Å². The highest BCUT2D eigenvalue weighted by Gasteiger charge is 2.36. The number of ether oxygens (including phenoxy) is 2. The number of aliphatic hydroxyl groups excluding tert-OH is 1. The molecule has 0 aromatic heterocycles. The molecule has 1 saturated heterocycles. The van der Waals surface area contributed by atoms with Gasteiger partial charge in [0, 0.05) is 10.7 Å². The minimum Gasteiger partial charge on any atom is -0.497 e. The molecule has 3 rings (SSSR count). The Morgan fingerprint density at radius 3 is 2.73 bits per heavy atom. The summed E-state index contributed by atoms with van der Waals surface area (Å²) in [5.41, 5.74) is 2.05. The van der Waals surface area contributed by atoms with Gasteiger partial charge < -0.3 is 19.5 Å². The lowest BCUT2D eigenvalue weighted by atomic mass is 10.0. The van der Waals surface area contributed by atoms with Crippen molar-refractivity contribution >= 4 is 17.3 Å². The van der Waals surface area contributed by atoms with Gasteiger partial charge in [0.15, 0.2) is 0 Å². The van der Waals surface area contributed by atoms with E-state index in [1.807, 2.05) is 48.5 Å². The molecule has 2 atom stereocenters. The third kappa shape index (κ3) is 2.90. The molecule has 116 valence electrons. The van der Waals surface area contributed by atoms with Gasteiger partial charge in [-0.15, -0.1) is 0 Å². The van der Waals surface area contributed by atoms with Crippen LogP contribution in [0.5, 0.6) is 5.75 Å². The van der Waals surface area contributed by atoms with Gasteiger partial charge >= 0.3 is 0 Å². The van der Waals surface area contributed by atoms with Gasteiger partial charge in [-0.3, -0.25) is 0 Å². The third-order valence-corrected chi connectivity index (χ3v) is 4.14. The minimum absolute atomic E-state index is 0.0357. The molecular weight excluding hydrogens is 302 g/mol. The Morgan fingerprint density at radius 1 is 1.27 bits per heavy atom. The second-order valence-corrected chi connectivity index (χ2v) is 5.62. The van der Waals surface area contributed by atoms with Crippen molar-refractivity contribution in [3.8, 4) is 5.75 Å². The summed E-state index contributed by atoms with van der Waals surface area (Å²) in [6.07, 6.45) is -0.275. The molecule has 2 aromatic carbocycles. The molecule has 0 spiro atoms. The molecule has 0 radical (unpaired) electrons. The molecular formula is C17H18ClNO3. The molecule has 1 heterocycles. The van der Waals surface area contributed by atoms with Crippen LogP contribution in [0.4, 0.5) is 5.69 Å². The van der Waals surface area contributed by atoms with E-state index in [4.69, 9.17) is 21.1 Å². The van der Waals surface area contributed by atoms with Crippen molar-refractivity contribution in [2.75, 3.05) is 25.3 Å². The van der Waals surface area contributed by atoms with Crippen LogP contribution in [0.2, 0.25) is 5.02 Å². The molecule has 5 heteroatoms. The second-order valence-electron chi connectivity index (χ2n) is 5.18. The first-order valence-electron chi connectivity index (χ1n) is 7.11. The van der Waals surface area contributed by atoms with E-state index in [1.54, 1.807) is 7.11 Å². The first kappa shape index (κ1) is 15.2. The Hall–Kier alpha value is -1.75. The van der Waals surface area contributed by atoms with Crippen molar-refractivity contribution < 1.29 is 14.6 Å². The monoisotopic (exact) mass is 319 g/mol. The summed E-state index contributed by atoms with van der Waals surface area (Å²) in [6, 6.07) is 15.4. The summed E-state index contributed by atoms with van der Waals surface area (Å²) in [5, 5.41) is 10.3. The summed E-state index contributed by atoms with van der Waals surface area (Å²) >= 11 is 5.96. The molecule has 2 aromatic rings. The molecule has 1 N–H and O–H groups in total. The van der Waals surface area contributed by atoms with Gasteiger partial charge in [0.2, 0.25) is 0 Å². The van der Waals surface area contributed by atoms with Gasteiger partial charge in [0.25, 0.3) is 0 Å². The number of anilines is 1. The van der Waals surface area contributed by atoms with Crippen molar-refractivity contribution in [3.63, 3.8) is 0 Å². The van der Waals surface area contributed by atoms with E-state index in [-0.39, 0.29) is 18.8 Å². The van der Waals surface area contributed by atoms with E-state index in [0.717, 1.165) is 17.0 Å². The molecule has 0 amide bonds. The molecule has 0 unspecified atom stereocenters. The number of benzene rings is 2. The molecule has 0 saturated carbocycles. The van der Waals surface area contributed by atoms with E-state index in [2.05, 4.69) is 4.90 Å². The van der Waals surface area contributed by atoms with E-state index in [0.29, 0.717) is 11.8 Å². The van der Waals surface area contributed by atoms with Crippen LogP contribution in [0.1, 0.15) is 11.6 Å². The maximum absolute atomic E-state index is 9.63. The van der Waals surface area contributed by atoms with Crippen molar-refractivity contribution in [1.82, 2.24) is 0 Å². The Morgan fingerprint density at radius 2 is 2.05 bits per heavy atom. The molecule has 4 nitrogen and oxygen atoms in total. The Kier molecular flexibility index (Phi) is 4.52. The van der Waals surface area contributed by atoms with Crippen LogP contribution < -0.4 is 9.64 Å². The summed E-state index contributed by atoms with van der Waals surface area (Å²) in [5.74, 6) is 0.789. The Bertz CT molecular complexity index is 632. The van der Waals surface area contributed by atoms with Crippen LogP contribution in [0.15, 0.2) is 48.5 Å². The van der Waals surface area contributed by atoms with Gasteiger partial charge in [-0.05, 0) is 42.0 Å². The fourth-order valence-electron chi connectivity index (χ4n) is 2.79. The van der Waals surface area contributed by atoms with Gasteiger partial charge in [0.1, 0.15) is 18.6 Å². The summed E-state index contributed by atoms with van der Waals surface area (Å²) in [4.78, 5) is 2.12. The van der Waals surface area contributed by atoms with Gasteiger partial charge in [-0.1, -0.05) is 23.7 Å². The highest BCUT2D eigenvalue weighted by atomic mass is 35.5. The molecule has 1 aliphatic heterocycles. The normalized spacial score (nSPS) is 21.1. The molecule has 1 fully saturated rings. The van der Waals surface area contributed by atoms with Gasteiger partial charge in [-0.2, -0.15) is 0 Å². The smallest absolute Gasteiger partial charge is 0.120 e. The molecule has 22 heavy (non-hydrogen) atoms. The van der Waals surface area contributed by atoms with Crippen molar-refractivity contribution in [1.29, 1.82) is 0 Å². The molecule has 0 bridgehead atoms. The van der Waals surface area contributed by atoms with E-state index < -0.39 is 0 Å². The number of aliphatic hydroxyl groups is 1. The number of nitrogens with zero attached hydrogens (tertiary/aromatic N) is 1. The lowest BCUT2D eigenvalue weighted by molar-refractivity contribution is 0.0520. The Balaban J connectivity index is 1.97. The maximum atomic E-state index is 9.63.